The predicted molar refractivity (Wildman–Crippen MR) is 112 cm³/mol. The molecule has 1 saturated heterocycles. The fourth-order valence-electron chi connectivity index (χ4n) is 2.89. The molecule has 3 rings (SSSR count). The van der Waals surface area contributed by atoms with Gasteiger partial charge in [-0.2, -0.15) is 4.31 Å². The van der Waals surface area contributed by atoms with Gasteiger partial charge in [0.15, 0.2) is 19.0 Å². The molecule has 1 aliphatic rings. The summed E-state index contributed by atoms with van der Waals surface area (Å²) in [6, 6.07) is 10.1. The number of esters is 1. The SMILES string of the molecule is O=C(COc1ccc(Cl)cc1Cl)OCC(=O)c1ccc(S(=O)(=O)N2CCCC2)cc1. The van der Waals surface area contributed by atoms with Crippen LogP contribution in [0.15, 0.2) is 47.4 Å². The Kier molecular flexibility index (Phi) is 7.36. The highest BCUT2D eigenvalue weighted by Gasteiger charge is 2.27. The summed E-state index contributed by atoms with van der Waals surface area (Å²) in [4.78, 5) is 24.2. The molecule has 0 atom stereocenters. The fourth-order valence-corrected chi connectivity index (χ4v) is 4.87. The lowest BCUT2D eigenvalue weighted by molar-refractivity contribution is -0.144. The van der Waals surface area contributed by atoms with Gasteiger partial charge in [0.25, 0.3) is 0 Å². The first-order chi connectivity index (χ1) is 14.3. The molecule has 0 aromatic heterocycles. The van der Waals surface area contributed by atoms with Gasteiger partial charge in [-0.3, -0.25) is 4.79 Å². The van der Waals surface area contributed by atoms with Gasteiger partial charge in [0.05, 0.1) is 9.92 Å². The van der Waals surface area contributed by atoms with E-state index in [-0.39, 0.29) is 21.2 Å². The van der Waals surface area contributed by atoms with E-state index in [2.05, 4.69) is 0 Å². The summed E-state index contributed by atoms with van der Waals surface area (Å²) in [7, 11) is -3.55. The molecule has 0 unspecified atom stereocenters. The molecule has 0 bridgehead atoms. The minimum absolute atomic E-state index is 0.131. The Morgan fingerprint density at radius 3 is 2.27 bits per heavy atom. The second-order valence-electron chi connectivity index (χ2n) is 6.58. The van der Waals surface area contributed by atoms with E-state index in [1.807, 2.05) is 0 Å². The van der Waals surface area contributed by atoms with Gasteiger partial charge in [0, 0.05) is 23.7 Å². The molecule has 2 aromatic carbocycles. The zero-order chi connectivity index (χ0) is 21.7. The number of ether oxygens (including phenoxy) is 2. The third-order valence-corrected chi connectivity index (χ3v) is 6.93. The van der Waals surface area contributed by atoms with Gasteiger partial charge in [-0.15, -0.1) is 0 Å². The van der Waals surface area contributed by atoms with Crippen molar-refractivity contribution in [1.82, 2.24) is 4.31 Å². The maximum Gasteiger partial charge on any atom is 0.344 e. The molecular formula is C20H19Cl2NO6S. The van der Waals surface area contributed by atoms with Crippen LogP contribution in [-0.2, 0) is 19.6 Å². The standard InChI is InChI=1S/C20H19Cl2NO6S/c21-15-5-8-19(17(22)11-15)28-13-20(25)29-12-18(24)14-3-6-16(7-4-14)30(26,27)23-9-1-2-10-23/h3-8,11H,1-2,9-10,12-13H2. The van der Waals surface area contributed by atoms with E-state index in [1.54, 1.807) is 6.07 Å². The number of benzene rings is 2. The van der Waals surface area contributed by atoms with E-state index < -0.39 is 35.0 Å². The third-order valence-electron chi connectivity index (χ3n) is 4.48. The molecule has 1 heterocycles. The highest BCUT2D eigenvalue weighted by atomic mass is 35.5. The van der Waals surface area contributed by atoms with Gasteiger partial charge in [-0.1, -0.05) is 23.2 Å². The lowest BCUT2D eigenvalue weighted by Gasteiger charge is -2.15. The van der Waals surface area contributed by atoms with E-state index in [1.165, 1.54) is 40.7 Å². The van der Waals surface area contributed by atoms with Crippen LogP contribution in [0.4, 0.5) is 0 Å². The summed E-state index contributed by atoms with van der Waals surface area (Å²) >= 11 is 11.7. The number of hydrogen-bond donors (Lipinski definition) is 0. The Balaban J connectivity index is 1.51. The molecule has 0 radical (unpaired) electrons. The molecule has 0 amide bonds. The van der Waals surface area contributed by atoms with E-state index in [0.29, 0.717) is 18.1 Å². The summed E-state index contributed by atoms with van der Waals surface area (Å²) < 4.78 is 36.6. The largest absolute Gasteiger partial charge is 0.480 e. The molecule has 7 nitrogen and oxygen atoms in total. The molecule has 2 aromatic rings. The molecule has 1 fully saturated rings. The van der Waals surface area contributed by atoms with Crippen molar-refractivity contribution < 1.29 is 27.5 Å². The molecular weight excluding hydrogens is 453 g/mol. The average molecular weight is 472 g/mol. The number of ketones is 1. The van der Waals surface area contributed by atoms with Crippen LogP contribution < -0.4 is 4.74 Å². The maximum absolute atomic E-state index is 12.5. The van der Waals surface area contributed by atoms with Gasteiger partial charge in [0.2, 0.25) is 10.0 Å². The Hall–Kier alpha value is -2.13. The summed E-state index contributed by atoms with van der Waals surface area (Å²) in [5, 5.41) is 0.676. The van der Waals surface area contributed by atoms with Crippen LogP contribution >= 0.6 is 23.2 Å². The minimum Gasteiger partial charge on any atom is -0.480 e. The summed E-state index contributed by atoms with van der Waals surface area (Å²) in [5.41, 5.74) is 0.241. The van der Waals surface area contributed by atoms with Crippen LogP contribution in [-0.4, -0.2) is 50.8 Å². The highest BCUT2D eigenvalue weighted by molar-refractivity contribution is 7.89. The number of nitrogens with zero attached hydrogens (tertiary/aromatic N) is 1. The molecule has 160 valence electrons. The van der Waals surface area contributed by atoms with E-state index >= 15 is 0 Å². The molecule has 0 N–H and O–H groups in total. The van der Waals surface area contributed by atoms with Crippen LogP contribution in [0.2, 0.25) is 10.0 Å². The molecule has 0 spiro atoms. The van der Waals surface area contributed by atoms with Crippen LogP contribution in [0.1, 0.15) is 23.2 Å². The number of halogens is 2. The van der Waals surface area contributed by atoms with Crippen molar-refractivity contribution in [3.8, 4) is 5.75 Å². The minimum atomic E-state index is -3.55. The van der Waals surface area contributed by atoms with Crippen molar-refractivity contribution in [1.29, 1.82) is 0 Å². The monoisotopic (exact) mass is 471 g/mol. The smallest absolute Gasteiger partial charge is 0.344 e. The second-order valence-corrected chi connectivity index (χ2v) is 9.36. The number of Topliss-reactive ketones (excluding diaryl/α,β-unsaturated/α-hetero) is 1. The zero-order valence-corrected chi connectivity index (χ0v) is 18.2. The van der Waals surface area contributed by atoms with Gasteiger partial charge < -0.3 is 9.47 Å². The highest BCUT2D eigenvalue weighted by Crippen LogP contribution is 2.27. The number of rotatable bonds is 8. The molecule has 0 aliphatic carbocycles. The van der Waals surface area contributed by atoms with Crippen molar-refractivity contribution in [2.24, 2.45) is 0 Å². The van der Waals surface area contributed by atoms with Crippen molar-refractivity contribution in [3.05, 3.63) is 58.1 Å². The van der Waals surface area contributed by atoms with Crippen LogP contribution in [0.3, 0.4) is 0 Å². The predicted octanol–water partition coefficient (Wildman–Crippen LogP) is 3.58. The number of carbonyl (C=O) groups excluding carboxylic acids is 2. The Labute approximate surface area is 184 Å². The average Bonchev–Trinajstić information content (AvgIpc) is 3.27. The number of hydrogen-bond acceptors (Lipinski definition) is 6. The maximum atomic E-state index is 12.5. The number of sulfonamides is 1. The zero-order valence-electron chi connectivity index (χ0n) is 15.8. The Morgan fingerprint density at radius 1 is 0.967 bits per heavy atom. The van der Waals surface area contributed by atoms with Gasteiger partial charge >= 0.3 is 5.97 Å². The fraction of sp³-hybridized carbons (Fsp3) is 0.300. The topological polar surface area (TPSA) is 90.0 Å². The summed E-state index contributed by atoms with van der Waals surface area (Å²) in [6.45, 7) is 0.0843. The van der Waals surface area contributed by atoms with E-state index in [4.69, 9.17) is 32.7 Å². The lowest BCUT2D eigenvalue weighted by Crippen LogP contribution is -2.27. The molecule has 10 heteroatoms. The molecule has 1 aliphatic heterocycles. The summed E-state index contributed by atoms with van der Waals surface area (Å²) in [5.74, 6) is -0.945. The normalized spacial score (nSPS) is 14.5. The van der Waals surface area contributed by atoms with Gasteiger partial charge in [-0.25, -0.2) is 13.2 Å². The second kappa shape index (κ2) is 9.78. The van der Waals surface area contributed by atoms with Crippen molar-refractivity contribution >= 4 is 45.0 Å². The lowest BCUT2D eigenvalue weighted by atomic mass is 10.1. The first-order valence-corrected chi connectivity index (χ1v) is 11.3. The molecule has 30 heavy (non-hydrogen) atoms. The van der Waals surface area contributed by atoms with Crippen LogP contribution in [0.5, 0.6) is 5.75 Å². The quantitative estimate of drug-likeness (QED) is 0.431. The molecule has 0 saturated carbocycles. The third kappa shape index (κ3) is 5.51. The van der Waals surface area contributed by atoms with Crippen molar-refractivity contribution in [3.63, 3.8) is 0 Å². The van der Waals surface area contributed by atoms with Crippen LogP contribution in [0, 0.1) is 0 Å². The Bertz CT molecular complexity index is 1030. The summed E-state index contributed by atoms with van der Waals surface area (Å²) in [6.07, 6.45) is 1.68. The van der Waals surface area contributed by atoms with E-state index in [0.717, 1.165) is 12.8 Å². The first-order valence-electron chi connectivity index (χ1n) is 9.14. The van der Waals surface area contributed by atoms with Gasteiger partial charge in [-0.05, 0) is 55.3 Å². The van der Waals surface area contributed by atoms with Crippen molar-refractivity contribution in [2.75, 3.05) is 26.3 Å². The van der Waals surface area contributed by atoms with Crippen molar-refractivity contribution in [2.45, 2.75) is 17.7 Å². The van der Waals surface area contributed by atoms with Crippen LogP contribution in [0.25, 0.3) is 0 Å². The van der Waals surface area contributed by atoms with Gasteiger partial charge in [0.1, 0.15) is 5.75 Å². The first kappa shape index (κ1) is 22.6. The Morgan fingerprint density at radius 2 is 1.63 bits per heavy atom. The van der Waals surface area contributed by atoms with E-state index in [9.17, 15) is 18.0 Å². The number of carbonyl (C=O) groups is 2.